The molecule has 1 fully saturated rings. The average molecular weight is 287 g/mol. The molecule has 1 saturated heterocycles. The number of likely N-dealkylation sites (tertiary alicyclic amines) is 1. The lowest BCUT2D eigenvalue weighted by atomic mass is 9.97. The molecule has 2 heterocycles. The minimum absolute atomic E-state index is 0. The van der Waals surface area contributed by atoms with Crippen LogP contribution in [-0.2, 0) is 7.05 Å². The Bertz CT molecular complexity index is 458. The van der Waals surface area contributed by atoms with Crippen LogP contribution < -0.4 is 5.73 Å². The second kappa shape index (κ2) is 6.39. The largest absolute Gasteiger partial charge is 0.338 e. The number of rotatable bonds is 2. The van der Waals surface area contributed by atoms with Crippen molar-refractivity contribution in [3.8, 4) is 0 Å². The number of hydrogen-bond acceptors (Lipinski definition) is 3. The van der Waals surface area contributed by atoms with E-state index in [9.17, 15) is 4.79 Å². The van der Waals surface area contributed by atoms with Gasteiger partial charge in [0.2, 0.25) is 0 Å². The summed E-state index contributed by atoms with van der Waals surface area (Å²) in [6.45, 7) is 6.11. The summed E-state index contributed by atoms with van der Waals surface area (Å²) in [7, 11) is 1.87. The van der Waals surface area contributed by atoms with E-state index in [1.807, 2.05) is 25.8 Å². The van der Waals surface area contributed by atoms with E-state index in [-0.39, 0.29) is 18.3 Å². The van der Waals surface area contributed by atoms with Crippen molar-refractivity contribution < 1.29 is 4.79 Å². The first-order chi connectivity index (χ1) is 8.54. The Morgan fingerprint density at radius 2 is 2.16 bits per heavy atom. The molecule has 0 saturated carbocycles. The summed E-state index contributed by atoms with van der Waals surface area (Å²) >= 11 is 0. The molecule has 1 aliphatic heterocycles. The first-order valence-electron chi connectivity index (χ1n) is 6.54. The van der Waals surface area contributed by atoms with E-state index in [2.05, 4.69) is 5.10 Å². The number of nitrogens with two attached hydrogens (primary N) is 1. The minimum atomic E-state index is 0. The fraction of sp³-hybridized carbons (Fsp3) is 0.692. The maximum atomic E-state index is 12.5. The number of carbonyl (C=O) groups excluding carboxylic acids is 1. The summed E-state index contributed by atoms with van der Waals surface area (Å²) in [6.07, 6.45) is 2.18. The molecule has 1 atom stereocenters. The van der Waals surface area contributed by atoms with Gasteiger partial charge in [-0.1, -0.05) is 0 Å². The third-order valence-electron chi connectivity index (χ3n) is 3.86. The lowest BCUT2D eigenvalue weighted by Gasteiger charge is -2.32. The molecule has 5 nitrogen and oxygen atoms in total. The molecule has 1 aromatic rings. The van der Waals surface area contributed by atoms with Gasteiger partial charge in [-0.2, -0.15) is 5.10 Å². The molecule has 0 bridgehead atoms. The van der Waals surface area contributed by atoms with E-state index in [0.29, 0.717) is 12.5 Å². The number of halogens is 1. The van der Waals surface area contributed by atoms with Crippen molar-refractivity contribution >= 4 is 18.3 Å². The fourth-order valence-corrected chi connectivity index (χ4v) is 2.68. The highest BCUT2D eigenvalue weighted by atomic mass is 35.5. The third kappa shape index (κ3) is 3.09. The standard InChI is InChI=1S/C13H22N4O.ClH/c1-9-12(10(2)16(3)15-9)13(18)17-6-4-5-11(7-14)8-17;/h11H,4-8,14H2,1-3H3;1H. The number of nitrogens with zero attached hydrogens (tertiary/aromatic N) is 3. The van der Waals surface area contributed by atoms with Gasteiger partial charge in [-0.3, -0.25) is 9.48 Å². The van der Waals surface area contributed by atoms with E-state index >= 15 is 0 Å². The molecule has 1 aromatic heterocycles. The predicted molar refractivity (Wildman–Crippen MR) is 77.6 cm³/mol. The topological polar surface area (TPSA) is 64.2 Å². The van der Waals surface area contributed by atoms with Crippen LogP contribution >= 0.6 is 12.4 Å². The van der Waals surface area contributed by atoms with Crippen LogP contribution in [0.1, 0.15) is 34.6 Å². The van der Waals surface area contributed by atoms with Crippen LogP contribution in [0.2, 0.25) is 0 Å². The summed E-state index contributed by atoms with van der Waals surface area (Å²) in [6, 6.07) is 0. The Hall–Kier alpha value is -1.07. The molecule has 1 aliphatic rings. The highest BCUT2D eigenvalue weighted by molar-refractivity contribution is 5.96. The van der Waals surface area contributed by atoms with Crippen molar-refractivity contribution in [2.45, 2.75) is 26.7 Å². The molecule has 0 aliphatic carbocycles. The molecule has 0 aromatic carbocycles. The monoisotopic (exact) mass is 286 g/mol. The van der Waals surface area contributed by atoms with Gasteiger partial charge in [0.05, 0.1) is 11.3 Å². The molecule has 6 heteroatoms. The van der Waals surface area contributed by atoms with Crippen LogP contribution in [-0.4, -0.2) is 40.2 Å². The molecule has 2 N–H and O–H groups in total. The summed E-state index contributed by atoms with van der Waals surface area (Å²) < 4.78 is 1.77. The van der Waals surface area contributed by atoms with Crippen molar-refractivity contribution in [3.05, 3.63) is 17.0 Å². The highest BCUT2D eigenvalue weighted by Gasteiger charge is 2.27. The zero-order valence-electron chi connectivity index (χ0n) is 11.8. The maximum absolute atomic E-state index is 12.5. The van der Waals surface area contributed by atoms with Crippen molar-refractivity contribution in [2.75, 3.05) is 19.6 Å². The van der Waals surface area contributed by atoms with Gasteiger partial charge in [0.1, 0.15) is 0 Å². The Kier molecular flexibility index (Phi) is 5.38. The first kappa shape index (κ1) is 16.0. The zero-order chi connectivity index (χ0) is 13.3. The number of carbonyl (C=O) groups is 1. The van der Waals surface area contributed by atoms with Crippen LogP contribution in [0.15, 0.2) is 0 Å². The van der Waals surface area contributed by atoms with Gasteiger partial charge in [-0.25, -0.2) is 0 Å². The molecule has 2 rings (SSSR count). The van der Waals surface area contributed by atoms with E-state index in [1.165, 1.54) is 0 Å². The molecule has 1 amide bonds. The molecule has 0 spiro atoms. The normalized spacial score (nSPS) is 19.2. The molecule has 108 valence electrons. The Morgan fingerprint density at radius 3 is 2.68 bits per heavy atom. The van der Waals surface area contributed by atoms with E-state index in [4.69, 9.17) is 5.73 Å². The summed E-state index contributed by atoms with van der Waals surface area (Å²) in [5.74, 6) is 0.552. The lowest BCUT2D eigenvalue weighted by molar-refractivity contribution is 0.0676. The second-order valence-electron chi connectivity index (χ2n) is 5.16. The summed E-state index contributed by atoms with van der Waals surface area (Å²) in [4.78, 5) is 14.5. The summed E-state index contributed by atoms with van der Waals surface area (Å²) in [5.41, 5.74) is 8.23. The number of hydrogen-bond donors (Lipinski definition) is 1. The van der Waals surface area contributed by atoms with Gasteiger partial charge in [0.15, 0.2) is 0 Å². The fourth-order valence-electron chi connectivity index (χ4n) is 2.68. The van der Waals surface area contributed by atoms with Crippen molar-refractivity contribution in [1.29, 1.82) is 0 Å². The zero-order valence-corrected chi connectivity index (χ0v) is 12.7. The Morgan fingerprint density at radius 1 is 1.47 bits per heavy atom. The van der Waals surface area contributed by atoms with Gasteiger partial charge >= 0.3 is 0 Å². The molecule has 19 heavy (non-hydrogen) atoms. The number of piperidine rings is 1. The second-order valence-corrected chi connectivity index (χ2v) is 5.16. The van der Waals surface area contributed by atoms with Gasteiger partial charge in [0, 0.05) is 25.8 Å². The number of aromatic nitrogens is 2. The minimum Gasteiger partial charge on any atom is -0.338 e. The van der Waals surface area contributed by atoms with Crippen LogP contribution in [0.5, 0.6) is 0 Å². The van der Waals surface area contributed by atoms with Gasteiger partial charge < -0.3 is 10.6 Å². The number of amides is 1. The van der Waals surface area contributed by atoms with Crippen LogP contribution in [0, 0.1) is 19.8 Å². The van der Waals surface area contributed by atoms with Gasteiger partial charge in [-0.05, 0) is 39.2 Å². The quantitative estimate of drug-likeness (QED) is 0.890. The molecular weight excluding hydrogens is 264 g/mol. The van der Waals surface area contributed by atoms with Crippen molar-refractivity contribution in [1.82, 2.24) is 14.7 Å². The van der Waals surface area contributed by atoms with E-state index in [1.54, 1.807) is 4.68 Å². The smallest absolute Gasteiger partial charge is 0.257 e. The summed E-state index contributed by atoms with van der Waals surface area (Å²) in [5, 5.41) is 4.31. The van der Waals surface area contributed by atoms with E-state index in [0.717, 1.165) is 42.9 Å². The highest BCUT2D eigenvalue weighted by Crippen LogP contribution is 2.20. The van der Waals surface area contributed by atoms with Crippen molar-refractivity contribution in [3.63, 3.8) is 0 Å². The SMILES string of the molecule is Cc1nn(C)c(C)c1C(=O)N1CCCC(CN)C1.Cl. The molecular formula is C13H23ClN4O. The van der Waals surface area contributed by atoms with Crippen LogP contribution in [0.3, 0.4) is 0 Å². The van der Waals surface area contributed by atoms with Gasteiger partial charge in [-0.15, -0.1) is 12.4 Å². The molecule has 0 radical (unpaired) electrons. The maximum Gasteiger partial charge on any atom is 0.257 e. The van der Waals surface area contributed by atoms with Gasteiger partial charge in [0.25, 0.3) is 5.91 Å². The van der Waals surface area contributed by atoms with Crippen LogP contribution in [0.4, 0.5) is 0 Å². The average Bonchev–Trinajstić information content (AvgIpc) is 2.62. The Labute approximate surface area is 120 Å². The lowest BCUT2D eigenvalue weighted by Crippen LogP contribution is -2.42. The first-order valence-corrected chi connectivity index (χ1v) is 6.54. The van der Waals surface area contributed by atoms with E-state index < -0.39 is 0 Å². The predicted octanol–water partition coefficient (Wildman–Crippen LogP) is 1.27. The van der Waals surface area contributed by atoms with Crippen molar-refractivity contribution in [2.24, 2.45) is 18.7 Å². The Balaban J connectivity index is 0.00000180. The third-order valence-corrected chi connectivity index (χ3v) is 3.86. The molecule has 1 unspecified atom stereocenters. The van der Waals surface area contributed by atoms with Crippen LogP contribution in [0.25, 0.3) is 0 Å². The number of aryl methyl sites for hydroxylation is 2.